The van der Waals surface area contributed by atoms with Crippen LogP contribution in [0, 0.1) is 6.92 Å². The van der Waals surface area contributed by atoms with Gasteiger partial charge in [-0.3, -0.25) is 9.89 Å². The van der Waals surface area contributed by atoms with Gasteiger partial charge in [0.05, 0.1) is 12.3 Å². The number of ether oxygens (including phenoxy) is 1. The van der Waals surface area contributed by atoms with E-state index in [4.69, 9.17) is 4.74 Å². The molecule has 6 nitrogen and oxygen atoms in total. The summed E-state index contributed by atoms with van der Waals surface area (Å²) in [6, 6.07) is 9.79. The first-order valence-electron chi connectivity index (χ1n) is 7.31. The molecule has 7 heteroatoms. The summed E-state index contributed by atoms with van der Waals surface area (Å²) in [7, 11) is 1.66. The van der Waals surface area contributed by atoms with Crippen molar-refractivity contribution < 1.29 is 9.53 Å². The summed E-state index contributed by atoms with van der Waals surface area (Å²) < 4.78 is 4.93. The molecule has 0 fully saturated rings. The molecule has 1 amide bonds. The second-order valence-corrected chi connectivity index (χ2v) is 5.03. The van der Waals surface area contributed by atoms with Crippen molar-refractivity contribution in [2.45, 2.75) is 6.92 Å². The highest BCUT2D eigenvalue weighted by Crippen LogP contribution is 2.17. The smallest absolute Gasteiger partial charge is 0.269 e. The Morgan fingerprint density at radius 3 is 2.65 bits per heavy atom. The Morgan fingerprint density at radius 2 is 1.96 bits per heavy atom. The molecule has 0 saturated heterocycles. The summed E-state index contributed by atoms with van der Waals surface area (Å²) in [6.45, 7) is 4.73. The molecule has 0 aliphatic carbocycles. The first kappa shape index (κ1) is 19.2. The van der Waals surface area contributed by atoms with Crippen LogP contribution < -0.4 is 10.6 Å². The van der Waals surface area contributed by atoms with Crippen LogP contribution in [-0.4, -0.2) is 49.5 Å². The van der Waals surface area contributed by atoms with Gasteiger partial charge in [0.15, 0.2) is 0 Å². The number of benzene rings is 1. The van der Waals surface area contributed by atoms with Gasteiger partial charge >= 0.3 is 0 Å². The highest BCUT2D eigenvalue weighted by molar-refractivity contribution is 5.93. The maximum Gasteiger partial charge on any atom is 0.269 e. The number of aromatic amines is 1. The number of aromatic nitrogens is 2. The molecule has 0 saturated carbocycles. The maximum atomic E-state index is 12.0. The van der Waals surface area contributed by atoms with Crippen molar-refractivity contribution in [3.05, 3.63) is 41.6 Å². The molecule has 0 bridgehead atoms. The summed E-state index contributed by atoms with van der Waals surface area (Å²) in [6.07, 6.45) is 0. The number of rotatable bonds is 8. The predicted octanol–water partition coefficient (Wildman–Crippen LogP) is 1.77. The lowest BCUT2D eigenvalue weighted by Crippen LogP contribution is -2.33. The fourth-order valence-electron chi connectivity index (χ4n) is 1.97. The van der Waals surface area contributed by atoms with Gasteiger partial charge in [-0.05, 0) is 13.0 Å². The van der Waals surface area contributed by atoms with Crippen molar-refractivity contribution in [3.63, 3.8) is 0 Å². The molecule has 1 heterocycles. The molecule has 0 aliphatic heterocycles. The molecule has 0 atom stereocenters. The number of methoxy groups -OCH3 is 1. The number of hydrogen-bond donors (Lipinski definition) is 3. The number of nitrogens with zero attached hydrogens (tertiary/aromatic N) is 1. The lowest BCUT2D eigenvalue weighted by Gasteiger charge is -2.05. The van der Waals surface area contributed by atoms with Crippen molar-refractivity contribution in [1.82, 2.24) is 20.8 Å². The minimum atomic E-state index is -0.153. The normalized spacial score (nSPS) is 10.2. The fraction of sp³-hybridized carbons (Fsp3) is 0.375. The number of halogens is 1. The Labute approximate surface area is 142 Å². The maximum absolute atomic E-state index is 12.0. The predicted molar refractivity (Wildman–Crippen MR) is 93.1 cm³/mol. The SMILES string of the molecule is COCCNCCNC(=O)c1cc(-c2ccc(C)cc2)n[nH]1.Cl. The van der Waals surface area contributed by atoms with Crippen LogP contribution in [-0.2, 0) is 4.74 Å². The monoisotopic (exact) mass is 338 g/mol. The molecule has 126 valence electrons. The van der Waals surface area contributed by atoms with Crippen LogP contribution in [0.5, 0.6) is 0 Å². The topological polar surface area (TPSA) is 79.0 Å². The third-order valence-electron chi connectivity index (χ3n) is 3.24. The largest absolute Gasteiger partial charge is 0.383 e. The standard InChI is InChI=1S/C16H22N4O2.ClH/c1-12-3-5-13(6-4-12)14-11-15(20-19-14)16(21)18-8-7-17-9-10-22-2;/h3-6,11,17H,7-10H2,1-2H3,(H,18,21)(H,19,20);1H. The summed E-state index contributed by atoms with van der Waals surface area (Å²) in [4.78, 5) is 12.0. The number of aryl methyl sites for hydroxylation is 1. The zero-order valence-corrected chi connectivity index (χ0v) is 14.2. The minimum absolute atomic E-state index is 0. The second kappa shape index (κ2) is 9.99. The van der Waals surface area contributed by atoms with Gasteiger partial charge in [0, 0.05) is 32.3 Å². The summed E-state index contributed by atoms with van der Waals surface area (Å²) in [5.41, 5.74) is 3.41. The Bertz CT molecular complexity index is 598. The average Bonchev–Trinajstić information content (AvgIpc) is 3.01. The van der Waals surface area contributed by atoms with E-state index in [0.29, 0.717) is 25.4 Å². The number of carbonyl (C=O) groups is 1. The zero-order chi connectivity index (χ0) is 15.8. The number of carbonyl (C=O) groups excluding carboxylic acids is 1. The molecule has 1 aromatic carbocycles. The van der Waals surface area contributed by atoms with E-state index in [-0.39, 0.29) is 18.3 Å². The van der Waals surface area contributed by atoms with Crippen molar-refractivity contribution in [1.29, 1.82) is 0 Å². The third-order valence-corrected chi connectivity index (χ3v) is 3.24. The Kier molecular flexibility index (Phi) is 8.32. The Hall–Kier alpha value is -1.89. The molecule has 3 N–H and O–H groups in total. The quantitative estimate of drug-likeness (QED) is 0.641. The Morgan fingerprint density at radius 1 is 1.22 bits per heavy atom. The number of nitrogens with one attached hydrogen (secondary N) is 3. The van der Waals surface area contributed by atoms with Crippen LogP contribution in [0.4, 0.5) is 0 Å². The van der Waals surface area contributed by atoms with Gasteiger partial charge < -0.3 is 15.4 Å². The fourth-order valence-corrected chi connectivity index (χ4v) is 1.97. The van der Waals surface area contributed by atoms with E-state index >= 15 is 0 Å². The molecular weight excluding hydrogens is 316 g/mol. The van der Waals surface area contributed by atoms with Crippen molar-refractivity contribution in [2.75, 3.05) is 33.4 Å². The lowest BCUT2D eigenvalue weighted by atomic mass is 10.1. The van der Waals surface area contributed by atoms with E-state index in [1.54, 1.807) is 13.2 Å². The molecule has 0 aliphatic rings. The molecule has 23 heavy (non-hydrogen) atoms. The van der Waals surface area contributed by atoms with Gasteiger partial charge in [-0.25, -0.2) is 0 Å². The average molecular weight is 339 g/mol. The molecular formula is C16H23ClN4O2. The van der Waals surface area contributed by atoms with Crippen molar-refractivity contribution in [2.24, 2.45) is 0 Å². The van der Waals surface area contributed by atoms with Crippen LogP contribution in [0.2, 0.25) is 0 Å². The minimum Gasteiger partial charge on any atom is -0.383 e. The molecule has 0 spiro atoms. The highest BCUT2D eigenvalue weighted by atomic mass is 35.5. The van der Waals surface area contributed by atoms with E-state index in [2.05, 4.69) is 20.8 Å². The number of H-pyrrole nitrogens is 1. The lowest BCUT2D eigenvalue weighted by molar-refractivity contribution is 0.0948. The van der Waals surface area contributed by atoms with Crippen LogP contribution in [0.1, 0.15) is 16.1 Å². The molecule has 1 aromatic heterocycles. The van der Waals surface area contributed by atoms with Gasteiger partial charge in [-0.2, -0.15) is 5.10 Å². The van der Waals surface area contributed by atoms with Gasteiger partial charge in [0.1, 0.15) is 5.69 Å². The third kappa shape index (κ3) is 6.02. The molecule has 0 radical (unpaired) electrons. The van der Waals surface area contributed by atoms with Gasteiger partial charge in [0.25, 0.3) is 5.91 Å². The van der Waals surface area contributed by atoms with Crippen molar-refractivity contribution in [3.8, 4) is 11.3 Å². The first-order valence-corrected chi connectivity index (χ1v) is 7.31. The number of hydrogen-bond acceptors (Lipinski definition) is 4. The summed E-state index contributed by atoms with van der Waals surface area (Å²) in [5.74, 6) is -0.153. The summed E-state index contributed by atoms with van der Waals surface area (Å²) in [5, 5.41) is 13.0. The second-order valence-electron chi connectivity index (χ2n) is 5.03. The zero-order valence-electron chi connectivity index (χ0n) is 13.4. The van der Waals surface area contributed by atoms with Crippen LogP contribution in [0.15, 0.2) is 30.3 Å². The van der Waals surface area contributed by atoms with E-state index in [0.717, 1.165) is 17.8 Å². The van der Waals surface area contributed by atoms with Crippen LogP contribution >= 0.6 is 12.4 Å². The van der Waals surface area contributed by atoms with E-state index in [1.165, 1.54) is 5.56 Å². The van der Waals surface area contributed by atoms with Crippen LogP contribution in [0.25, 0.3) is 11.3 Å². The van der Waals surface area contributed by atoms with Crippen molar-refractivity contribution >= 4 is 18.3 Å². The van der Waals surface area contributed by atoms with E-state index in [9.17, 15) is 4.79 Å². The van der Waals surface area contributed by atoms with E-state index in [1.807, 2.05) is 31.2 Å². The molecule has 2 aromatic rings. The Balaban J connectivity index is 0.00000264. The van der Waals surface area contributed by atoms with E-state index < -0.39 is 0 Å². The highest BCUT2D eigenvalue weighted by Gasteiger charge is 2.10. The van der Waals surface area contributed by atoms with Gasteiger partial charge in [0.2, 0.25) is 0 Å². The van der Waals surface area contributed by atoms with Gasteiger partial charge in [-0.1, -0.05) is 29.8 Å². The number of amides is 1. The van der Waals surface area contributed by atoms with Gasteiger partial charge in [-0.15, -0.1) is 12.4 Å². The first-order chi connectivity index (χ1) is 10.7. The summed E-state index contributed by atoms with van der Waals surface area (Å²) >= 11 is 0. The molecule has 0 unspecified atom stereocenters. The van der Waals surface area contributed by atoms with Crippen LogP contribution in [0.3, 0.4) is 0 Å². The molecule has 2 rings (SSSR count).